The number of rotatable bonds is 2. The van der Waals surface area contributed by atoms with Gasteiger partial charge < -0.3 is 4.74 Å². The normalized spacial score (nSPS) is 27.4. The van der Waals surface area contributed by atoms with E-state index in [9.17, 15) is 0 Å². The fraction of sp³-hybridized carbons (Fsp3) is 1.00. The van der Waals surface area contributed by atoms with Crippen LogP contribution in [0.2, 0.25) is 0 Å². The molecular weight excluding hydrogens is 172 g/mol. The van der Waals surface area contributed by atoms with Gasteiger partial charge in [-0.15, -0.1) is 0 Å². The van der Waals surface area contributed by atoms with E-state index < -0.39 is 0 Å². The van der Waals surface area contributed by atoms with Gasteiger partial charge >= 0.3 is 0 Å². The molecule has 2 atom stereocenters. The molecule has 86 valence electrons. The molecule has 0 aromatic heterocycles. The maximum absolute atomic E-state index is 5.81. The van der Waals surface area contributed by atoms with Crippen molar-refractivity contribution in [3.8, 4) is 0 Å². The lowest BCUT2D eigenvalue weighted by Gasteiger charge is -2.36. The molecule has 1 heteroatoms. The molecule has 1 rings (SSSR count). The van der Waals surface area contributed by atoms with Gasteiger partial charge in [-0.05, 0) is 30.6 Å². The Morgan fingerprint density at radius 1 is 1.00 bits per heavy atom. The minimum absolute atomic E-state index is 0.513. The largest absolute Gasteiger partial charge is 0.378 e. The van der Waals surface area contributed by atoms with Gasteiger partial charge in [-0.2, -0.15) is 0 Å². The van der Waals surface area contributed by atoms with E-state index >= 15 is 0 Å². The number of hydrogen-bond acceptors (Lipinski definition) is 1. The fourth-order valence-electron chi connectivity index (χ4n) is 2.23. The van der Waals surface area contributed by atoms with E-state index in [1.54, 1.807) is 0 Å². The Hall–Kier alpha value is -0.0400. The van der Waals surface area contributed by atoms with Crippen molar-refractivity contribution in [2.24, 2.45) is 17.8 Å². The lowest BCUT2D eigenvalue weighted by atomic mass is 9.80. The van der Waals surface area contributed by atoms with E-state index in [-0.39, 0.29) is 0 Å². The summed E-state index contributed by atoms with van der Waals surface area (Å²) in [5.74, 6) is 2.24. The zero-order chi connectivity index (χ0) is 11.1. The van der Waals surface area contributed by atoms with Crippen LogP contribution < -0.4 is 0 Å². The second-order valence-corrected chi connectivity index (χ2v) is 4.63. The summed E-state index contributed by atoms with van der Waals surface area (Å²) in [6.07, 6.45) is 3.13. The van der Waals surface area contributed by atoms with Crippen LogP contribution in [0.1, 0.15) is 54.4 Å². The van der Waals surface area contributed by atoms with Crippen LogP contribution in [-0.2, 0) is 4.74 Å². The Bertz CT molecular complexity index is 113. The molecule has 0 spiro atoms. The van der Waals surface area contributed by atoms with Crippen LogP contribution in [0, 0.1) is 17.8 Å². The molecule has 2 unspecified atom stereocenters. The lowest BCUT2D eigenvalue weighted by Crippen LogP contribution is -2.36. The van der Waals surface area contributed by atoms with Crippen molar-refractivity contribution in [3.05, 3.63) is 0 Å². The molecule has 0 radical (unpaired) electrons. The van der Waals surface area contributed by atoms with Gasteiger partial charge in [0.25, 0.3) is 0 Å². The first kappa shape index (κ1) is 14.0. The number of ether oxygens (including phenoxy) is 1. The molecule has 0 aliphatic carbocycles. The van der Waals surface area contributed by atoms with Gasteiger partial charge in [0.05, 0.1) is 6.10 Å². The zero-order valence-corrected chi connectivity index (χ0v) is 10.8. The fourth-order valence-corrected chi connectivity index (χ4v) is 2.23. The highest BCUT2D eigenvalue weighted by Crippen LogP contribution is 2.31. The Labute approximate surface area is 90.2 Å². The van der Waals surface area contributed by atoms with Gasteiger partial charge in [0, 0.05) is 6.61 Å². The third kappa shape index (κ3) is 4.00. The van der Waals surface area contributed by atoms with Crippen molar-refractivity contribution in [2.75, 3.05) is 6.61 Å². The van der Waals surface area contributed by atoms with E-state index in [1.807, 2.05) is 13.8 Å². The van der Waals surface area contributed by atoms with Crippen molar-refractivity contribution in [3.63, 3.8) is 0 Å². The molecule has 0 aromatic carbocycles. The molecule has 1 heterocycles. The highest BCUT2D eigenvalue weighted by molar-refractivity contribution is 4.79. The van der Waals surface area contributed by atoms with Gasteiger partial charge in [-0.3, -0.25) is 0 Å². The molecule has 0 amide bonds. The SMILES string of the molecule is CC.CC(C)C1CCCOC1C(C)C. The molecule has 14 heavy (non-hydrogen) atoms. The predicted octanol–water partition coefficient (Wildman–Crippen LogP) is 4.12. The standard InChI is InChI=1S/C11H22O.C2H6/c1-8(2)10-6-5-7-12-11(10)9(3)4;1-2/h8-11H,5-7H2,1-4H3;1-2H3. The van der Waals surface area contributed by atoms with Gasteiger partial charge in [0.1, 0.15) is 0 Å². The second kappa shape index (κ2) is 7.28. The van der Waals surface area contributed by atoms with Gasteiger partial charge in [-0.25, -0.2) is 0 Å². The Kier molecular flexibility index (Phi) is 7.26. The third-order valence-corrected chi connectivity index (χ3v) is 2.93. The molecule has 0 saturated carbocycles. The van der Waals surface area contributed by atoms with Crippen LogP contribution in [0.25, 0.3) is 0 Å². The lowest BCUT2D eigenvalue weighted by molar-refractivity contribution is -0.0662. The van der Waals surface area contributed by atoms with Crippen LogP contribution in [0.4, 0.5) is 0 Å². The van der Waals surface area contributed by atoms with E-state index in [1.165, 1.54) is 12.8 Å². The second-order valence-electron chi connectivity index (χ2n) is 4.63. The Morgan fingerprint density at radius 3 is 1.93 bits per heavy atom. The molecule has 0 N–H and O–H groups in total. The summed E-state index contributed by atoms with van der Waals surface area (Å²) >= 11 is 0. The molecular formula is C13H28O. The molecule has 1 aliphatic heterocycles. The Morgan fingerprint density at radius 2 is 1.57 bits per heavy atom. The van der Waals surface area contributed by atoms with E-state index in [0.717, 1.165) is 18.4 Å². The van der Waals surface area contributed by atoms with Gasteiger partial charge in [0.15, 0.2) is 0 Å². The third-order valence-electron chi connectivity index (χ3n) is 2.93. The molecule has 1 saturated heterocycles. The van der Waals surface area contributed by atoms with Crippen LogP contribution >= 0.6 is 0 Å². The van der Waals surface area contributed by atoms with Crippen LogP contribution in [0.5, 0.6) is 0 Å². The first-order valence-electron chi connectivity index (χ1n) is 6.24. The molecule has 1 nitrogen and oxygen atoms in total. The number of hydrogen-bond donors (Lipinski definition) is 0. The average Bonchev–Trinajstić information content (AvgIpc) is 2.20. The molecule has 0 aromatic rings. The minimum Gasteiger partial charge on any atom is -0.378 e. The van der Waals surface area contributed by atoms with Crippen LogP contribution in [0.15, 0.2) is 0 Å². The maximum Gasteiger partial charge on any atom is 0.0628 e. The molecule has 1 aliphatic rings. The quantitative estimate of drug-likeness (QED) is 0.651. The zero-order valence-electron chi connectivity index (χ0n) is 10.8. The van der Waals surface area contributed by atoms with Crippen LogP contribution in [0.3, 0.4) is 0 Å². The minimum atomic E-state index is 0.513. The van der Waals surface area contributed by atoms with Crippen molar-refractivity contribution in [2.45, 2.75) is 60.5 Å². The summed E-state index contributed by atoms with van der Waals surface area (Å²) in [5.41, 5.74) is 0. The smallest absolute Gasteiger partial charge is 0.0628 e. The van der Waals surface area contributed by atoms with Crippen LogP contribution in [-0.4, -0.2) is 12.7 Å². The predicted molar refractivity (Wildman–Crippen MR) is 63.5 cm³/mol. The van der Waals surface area contributed by atoms with Gasteiger partial charge in [0.2, 0.25) is 0 Å². The first-order valence-corrected chi connectivity index (χ1v) is 6.24. The summed E-state index contributed by atoms with van der Waals surface area (Å²) in [4.78, 5) is 0. The average molecular weight is 200 g/mol. The molecule has 0 bridgehead atoms. The van der Waals surface area contributed by atoms with Crippen molar-refractivity contribution < 1.29 is 4.74 Å². The van der Waals surface area contributed by atoms with Crippen molar-refractivity contribution >= 4 is 0 Å². The monoisotopic (exact) mass is 200 g/mol. The topological polar surface area (TPSA) is 9.23 Å². The summed E-state index contributed by atoms with van der Waals surface area (Å²) in [6.45, 7) is 14.1. The van der Waals surface area contributed by atoms with Gasteiger partial charge in [-0.1, -0.05) is 41.5 Å². The highest BCUT2D eigenvalue weighted by atomic mass is 16.5. The summed E-state index contributed by atoms with van der Waals surface area (Å²) in [5, 5.41) is 0. The first-order chi connectivity index (χ1) is 6.63. The van der Waals surface area contributed by atoms with Crippen molar-refractivity contribution in [1.29, 1.82) is 0 Å². The summed E-state index contributed by atoms with van der Waals surface area (Å²) in [6, 6.07) is 0. The van der Waals surface area contributed by atoms with E-state index in [2.05, 4.69) is 27.7 Å². The molecule has 1 fully saturated rings. The Balaban J connectivity index is 0.000000791. The summed E-state index contributed by atoms with van der Waals surface area (Å²) in [7, 11) is 0. The highest BCUT2D eigenvalue weighted by Gasteiger charge is 2.30. The van der Waals surface area contributed by atoms with E-state index in [0.29, 0.717) is 12.0 Å². The van der Waals surface area contributed by atoms with E-state index in [4.69, 9.17) is 4.74 Å². The summed E-state index contributed by atoms with van der Waals surface area (Å²) < 4.78 is 5.81. The van der Waals surface area contributed by atoms with Crippen molar-refractivity contribution in [1.82, 2.24) is 0 Å². The maximum atomic E-state index is 5.81.